The summed E-state index contributed by atoms with van der Waals surface area (Å²) in [7, 11) is 1.61. The standard InChI is InChI=1S/C16H17FN2O2/c1-21-13-8-6-12(7-9-13)10-18-11-16(20)19-15-5-3-2-4-14(15)17/h2-9,18H,10-11H2,1H3,(H,19,20). The van der Waals surface area contributed by atoms with Crippen LogP contribution in [0.4, 0.5) is 10.1 Å². The van der Waals surface area contributed by atoms with E-state index in [4.69, 9.17) is 4.74 Å². The summed E-state index contributed by atoms with van der Waals surface area (Å²) in [5, 5.41) is 5.52. The van der Waals surface area contributed by atoms with Crippen LogP contribution in [-0.4, -0.2) is 19.6 Å². The highest BCUT2D eigenvalue weighted by atomic mass is 19.1. The minimum atomic E-state index is -0.444. The molecular formula is C16H17FN2O2. The highest BCUT2D eigenvalue weighted by molar-refractivity contribution is 5.92. The third kappa shape index (κ3) is 4.57. The van der Waals surface area contributed by atoms with Crippen LogP contribution in [0.1, 0.15) is 5.56 Å². The van der Waals surface area contributed by atoms with E-state index < -0.39 is 5.82 Å². The van der Waals surface area contributed by atoms with Gasteiger partial charge in [-0.15, -0.1) is 0 Å². The Morgan fingerprint density at radius 1 is 1.14 bits per heavy atom. The van der Waals surface area contributed by atoms with Crippen LogP contribution in [0, 0.1) is 5.82 Å². The smallest absolute Gasteiger partial charge is 0.238 e. The van der Waals surface area contributed by atoms with Crippen LogP contribution in [-0.2, 0) is 11.3 Å². The van der Waals surface area contributed by atoms with Crippen LogP contribution in [0.3, 0.4) is 0 Å². The second-order valence-electron chi connectivity index (χ2n) is 4.48. The third-order valence-corrected chi connectivity index (χ3v) is 2.92. The van der Waals surface area contributed by atoms with Crippen molar-refractivity contribution >= 4 is 11.6 Å². The minimum absolute atomic E-state index is 0.111. The normalized spacial score (nSPS) is 10.2. The second kappa shape index (κ2) is 7.40. The number of para-hydroxylation sites is 1. The van der Waals surface area contributed by atoms with Crippen LogP contribution in [0.5, 0.6) is 5.75 Å². The van der Waals surface area contributed by atoms with Crippen molar-refractivity contribution < 1.29 is 13.9 Å². The zero-order valence-electron chi connectivity index (χ0n) is 11.7. The van der Waals surface area contributed by atoms with Gasteiger partial charge in [-0.25, -0.2) is 4.39 Å². The van der Waals surface area contributed by atoms with Gasteiger partial charge in [-0.3, -0.25) is 4.79 Å². The molecule has 2 N–H and O–H groups in total. The molecule has 2 rings (SSSR count). The summed E-state index contributed by atoms with van der Waals surface area (Å²) in [6.45, 7) is 0.662. The molecule has 0 fully saturated rings. The van der Waals surface area contributed by atoms with Gasteiger partial charge < -0.3 is 15.4 Å². The Bertz CT molecular complexity index is 599. The first-order valence-electron chi connectivity index (χ1n) is 6.57. The number of carbonyl (C=O) groups is 1. The Hall–Kier alpha value is -2.40. The van der Waals surface area contributed by atoms with Crippen molar-refractivity contribution in [3.63, 3.8) is 0 Å². The van der Waals surface area contributed by atoms with E-state index in [2.05, 4.69) is 10.6 Å². The molecule has 0 saturated heterocycles. The van der Waals surface area contributed by atoms with Gasteiger partial charge in [-0.05, 0) is 29.8 Å². The van der Waals surface area contributed by atoms with E-state index in [0.29, 0.717) is 6.54 Å². The number of nitrogens with one attached hydrogen (secondary N) is 2. The van der Waals surface area contributed by atoms with Gasteiger partial charge in [0.2, 0.25) is 5.91 Å². The van der Waals surface area contributed by atoms with Crippen LogP contribution in [0.2, 0.25) is 0 Å². The predicted octanol–water partition coefficient (Wildman–Crippen LogP) is 2.56. The van der Waals surface area contributed by atoms with E-state index >= 15 is 0 Å². The first kappa shape index (κ1) is 15.0. The molecule has 110 valence electrons. The van der Waals surface area contributed by atoms with Gasteiger partial charge in [0.05, 0.1) is 19.3 Å². The second-order valence-corrected chi connectivity index (χ2v) is 4.48. The van der Waals surface area contributed by atoms with Crippen molar-refractivity contribution in [2.24, 2.45) is 0 Å². The van der Waals surface area contributed by atoms with E-state index in [1.54, 1.807) is 19.2 Å². The Labute approximate surface area is 122 Å². The number of carbonyl (C=O) groups excluding carboxylic acids is 1. The summed E-state index contributed by atoms with van der Waals surface area (Å²) in [5.74, 6) is 0.0608. The SMILES string of the molecule is COc1ccc(CNCC(=O)Nc2ccccc2F)cc1. The number of hydrogen-bond donors (Lipinski definition) is 2. The molecular weight excluding hydrogens is 271 g/mol. The van der Waals surface area contributed by atoms with Crippen molar-refractivity contribution in [2.45, 2.75) is 6.54 Å². The predicted molar refractivity (Wildman–Crippen MR) is 79.7 cm³/mol. The van der Waals surface area contributed by atoms with Gasteiger partial charge in [0, 0.05) is 6.54 Å². The first-order valence-corrected chi connectivity index (χ1v) is 6.57. The van der Waals surface area contributed by atoms with Gasteiger partial charge in [0.1, 0.15) is 11.6 Å². The van der Waals surface area contributed by atoms with E-state index in [9.17, 15) is 9.18 Å². The van der Waals surface area contributed by atoms with E-state index in [-0.39, 0.29) is 18.1 Å². The summed E-state index contributed by atoms with van der Waals surface area (Å²) in [5.41, 5.74) is 1.23. The monoisotopic (exact) mass is 288 g/mol. The molecule has 0 radical (unpaired) electrons. The van der Waals surface area contributed by atoms with Crippen LogP contribution in [0.15, 0.2) is 48.5 Å². The molecule has 0 heterocycles. The molecule has 4 nitrogen and oxygen atoms in total. The average molecular weight is 288 g/mol. The minimum Gasteiger partial charge on any atom is -0.497 e. The molecule has 2 aromatic carbocycles. The number of benzene rings is 2. The molecule has 0 saturated carbocycles. The largest absolute Gasteiger partial charge is 0.497 e. The first-order chi connectivity index (χ1) is 10.2. The number of anilines is 1. The number of methoxy groups -OCH3 is 1. The maximum atomic E-state index is 13.4. The zero-order valence-corrected chi connectivity index (χ0v) is 11.7. The summed E-state index contributed by atoms with van der Waals surface area (Å²) >= 11 is 0. The van der Waals surface area contributed by atoms with Gasteiger partial charge in [0.15, 0.2) is 0 Å². The number of hydrogen-bond acceptors (Lipinski definition) is 3. The molecule has 2 aromatic rings. The highest BCUT2D eigenvalue weighted by Crippen LogP contribution is 2.12. The number of rotatable bonds is 6. The molecule has 0 aliphatic rings. The van der Waals surface area contributed by atoms with E-state index in [1.807, 2.05) is 24.3 Å². The van der Waals surface area contributed by atoms with E-state index in [1.165, 1.54) is 12.1 Å². The summed E-state index contributed by atoms with van der Waals surface area (Å²) in [6.07, 6.45) is 0. The third-order valence-electron chi connectivity index (χ3n) is 2.92. The molecule has 1 amide bonds. The number of ether oxygens (including phenoxy) is 1. The van der Waals surface area contributed by atoms with Crippen LogP contribution in [0.25, 0.3) is 0 Å². The van der Waals surface area contributed by atoms with Crippen molar-refractivity contribution in [3.05, 3.63) is 59.9 Å². The van der Waals surface area contributed by atoms with Gasteiger partial charge in [-0.2, -0.15) is 0 Å². The lowest BCUT2D eigenvalue weighted by atomic mass is 10.2. The Morgan fingerprint density at radius 3 is 2.52 bits per heavy atom. The van der Waals surface area contributed by atoms with E-state index in [0.717, 1.165) is 11.3 Å². The summed E-state index contributed by atoms with van der Waals surface area (Å²) in [6, 6.07) is 13.6. The van der Waals surface area contributed by atoms with Gasteiger partial charge in [0.25, 0.3) is 0 Å². The maximum absolute atomic E-state index is 13.4. The van der Waals surface area contributed by atoms with Crippen molar-refractivity contribution in [3.8, 4) is 5.75 Å². The lowest BCUT2D eigenvalue weighted by Gasteiger charge is -2.08. The topological polar surface area (TPSA) is 50.4 Å². The molecule has 0 bridgehead atoms. The molecule has 0 aliphatic carbocycles. The lowest BCUT2D eigenvalue weighted by molar-refractivity contribution is -0.115. The molecule has 0 aliphatic heterocycles. The molecule has 0 aromatic heterocycles. The lowest BCUT2D eigenvalue weighted by Crippen LogP contribution is -2.28. The highest BCUT2D eigenvalue weighted by Gasteiger charge is 2.05. The van der Waals surface area contributed by atoms with Gasteiger partial charge in [-0.1, -0.05) is 24.3 Å². The molecule has 0 atom stereocenters. The molecule has 21 heavy (non-hydrogen) atoms. The number of halogens is 1. The molecule has 5 heteroatoms. The van der Waals surface area contributed by atoms with Gasteiger partial charge >= 0.3 is 0 Å². The molecule has 0 spiro atoms. The van der Waals surface area contributed by atoms with Crippen LogP contribution >= 0.6 is 0 Å². The maximum Gasteiger partial charge on any atom is 0.238 e. The Morgan fingerprint density at radius 2 is 1.86 bits per heavy atom. The summed E-state index contributed by atoms with van der Waals surface area (Å²) in [4.78, 5) is 11.7. The zero-order chi connectivity index (χ0) is 15.1. The van der Waals surface area contributed by atoms with Crippen molar-refractivity contribution in [1.29, 1.82) is 0 Å². The Balaban J connectivity index is 1.77. The van der Waals surface area contributed by atoms with Crippen molar-refractivity contribution in [2.75, 3.05) is 19.0 Å². The summed E-state index contributed by atoms with van der Waals surface area (Å²) < 4.78 is 18.4. The fourth-order valence-electron chi connectivity index (χ4n) is 1.82. The fraction of sp³-hybridized carbons (Fsp3) is 0.188. The van der Waals surface area contributed by atoms with Crippen LogP contribution < -0.4 is 15.4 Å². The Kier molecular flexibility index (Phi) is 5.29. The number of amides is 1. The molecule has 0 unspecified atom stereocenters. The quantitative estimate of drug-likeness (QED) is 0.859. The fourth-order valence-corrected chi connectivity index (χ4v) is 1.82. The average Bonchev–Trinajstić information content (AvgIpc) is 2.50. The van der Waals surface area contributed by atoms with Crippen molar-refractivity contribution in [1.82, 2.24) is 5.32 Å².